The predicted molar refractivity (Wildman–Crippen MR) is 80.5 cm³/mol. The zero-order chi connectivity index (χ0) is 13.5. The van der Waals surface area contributed by atoms with Crippen LogP contribution in [0.1, 0.15) is 25.0 Å². The second-order valence-corrected chi connectivity index (χ2v) is 5.32. The molecule has 1 aliphatic rings. The average Bonchev–Trinajstić information content (AvgIpc) is 2.44. The minimum Gasteiger partial charge on any atom is -0.354 e. The summed E-state index contributed by atoms with van der Waals surface area (Å²) in [5.74, 6) is 1.13. The first-order chi connectivity index (χ1) is 9.29. The van der Waals surface area contributed by atoms with E-state index in [2.05, 4.69) is 39.9 Å². The van der Waals surface area contributed by atoms with Crippen molar-refractivity contribution < 1.29 is 0 Å². The van der Waals surface area contributed by atoms with E-state index in [1.807, 2.05) is 0 Å². The maximum Gasteiger partial charge on any atom is 0.128 e. The van der Waals surface area contributed by atoms with Crippen molar-refractivity contribution in [2.45, 2.75) is 26.2 Å². The van der Waals surface area contributed by atoms with Gasteiger partial charge in [-0.25, -0.2) is 4.98 Å². The van der Waals surface area contributed by atoms with Crippen molar-refractivity contribution in [3.05, 3.63) is 23.9 Å². The lowest BCUT2D eigenvalue weighted by Gasteiger charge is -2.35. The number of anilines is 1. The molecular weight excluding hydrogens is 236 g/mol. The van der Waals surface area contributed by atoms with Crippen molar-refractivity contribution >= 4 is 5.82 Å². The Bertz CT molecular complexity index is 372. The van der Waals surface area contributed by atoms with Crippen LogP contribution in [0.4, 0.5) is 5.82 Å². The van der Waals surface area contributed by atoms with E-state index in [0.717, 1.165) is 50.7 Å². The van der Waals surface area contributed by atoms with Crippen LogP contribution >= 0.6 is 0 Å². The summed E-state index contributed by atoms with van der Waals surface area (Å²) < 4.78 is 0. The van der Waals surface area contributed by atoms with Gasteiger partial charge in [0.05, 0.1) is 0 Å². The fourth-order valence-electron chi connectivity index (χ4n) is 2.56. The predicted octanol–water partition coefficient (Wildman–Crippen LogP) is 1.64. The Kier molecular flexibility index (Phi) is 5.61. The third-order valence-electron chi connectivity index (χ3n) is 3.75. The molecule has 0 bridgehead atoms. The normalized spacial score (nSPS) is 16.8. The monoisotopic (exact) mass is 262 g/mol. The molecule has 0 amide bonds. The molecule has 0 spiro atoms. The van der Waals surface area contributed by atoms with Gasteiger partial charge in [0.2, 0.25) is 0 Å². The van der Waals surface area contributed by atoms with Crippen LogP contribution < -0.4 is 10.6 Å². The Labute approximate surface area is 116 Å². The summed E-state index contributed by atoms with van der Waals surface area (Å²) in [5, 5.41) is 0. The van der Waals surface area contributed by atoms with Crippen LogP contribution in [0.3, 0.4) is 0 Å². The standard InChI is InChI=1S/C15H26N4/c1-14-6-5-7-15(17-14)19-12-10-18(11-13-19)9-4-2-3-8-16/h5-7H,2-4,8-13,16H2,1H3. The molecular formula is C15H26N4. The molecule has 1 aromatic rings. The van der Waals surface area contributed by atoms with Gasteiger partial charge in [-0.15, -0.1) is 0 Å². The number of nitrogens with zero attached hydrogens (tertiary/aromatic N) is 3. The fraction of sp³-hybridized carbons (Fsp3) is 0.667. The SMILES string of the molecule is Cc1cccc(N2CCN(CCCCCN)CC2)n1. The molecule has 0 saturated carbocycles. The van der Waals surface area contributed by atoms with Gasteiger partial charge in [0.15, 0.2) is 0 Å². The molecule has 4 heteroatoms. The van der Waals surface area contributed by atoms with Crippen molar-refractivity contribution in [2.24, 2.45) is 5.73 Å². The van der Waals surface area contributed by atoms with Gasteiger partial charge in [0.1, 0.15) is 5.82 Å². The summed E-state index contributed by atoms with van der Waals surface area (Å²) in [4.78, 5) is 9.55. The second kappa shape index (κ2) is 7.46. The van der Waals surface area contributed by atoms with Crippen molar-refractivity contribution in [1.82, 2.24) is 9.88 Å². The number of aromatic nitrogens is 1. The van der Waals surface area contributed by atoms with Gasteiger partial charge in [-0.1, -0.05) is 12.5 Å². The number of nitrogens with two attached hydrogens (primary N) is 1. The first kappa shape index (κ1) is 14.3. The van der Waals surface area contributed by atoms with Crippen LogP contribution in [-0.2, 0) is 0 Å². The largest absolute Gasteiger partial charge is 0.354 e. The Morgan fingerprint density at radius 2 is 1.89 bits per heavy atom. The Morgan fingerprint density at radius 1 is 1.11 bits per heavy atom. The van der Waals surface area contributed by atoms with Gasteiger partial charge in [0.25, 0.3) is 0 Å². The summed E-state index contributed by atoms with van der Waals surface area (Å²) in [6.07, 6.45) is 3.70. The van der Waals surface area contributed by atoms with Crippen LogP contribution in [-0.4, -0.2) is 49.2 Å². The molecule has 0 atom stereocenters. The number of piperazine rings is 1. The molecule has 2 N–H and O–H groups in total. The molecule has 19 heavy (non-hydrogen) atoms. The molecule has 1 fully saturated rings. The smallest absolute Gasteiger partial charge is 0.128 e. The Balaban J connectivity index is 1.73. The zero-order valence-corrected chi connectivity index (χ0v) is 12.0. The highest BCUT2D eigenvalue weighted by atomic mass is 15.3. The van der Waals surface area contributed by atoms with Gasteiger partial charge in [-0.3, -0.25) is 4.90 Å². The number of pyridine rings is 1. The average molecular weight is 262 g/mol. The summed E-state index contributed by atoms with van der Waals surface area (Å²) in [6, 6.07) is 6.26. The van der Waals surface area contributed by atoms with Gasteiger partial charge in [0, 0.05) is 31.9 Å². The maximum atomic E-state index is 5.52. The molecule has 0 radical (unpaired) electrons. The lowest BCUT2D eigenvalue weighted by Crippen LogP contribution is -2.46. The van der Waals surface area contributed by atoms with E-state index in [4.69, 9.17) is 5.73 Å². The highest BCUT2D eigenvalue weighted by molar-refractivity contribution is 5.39. The van der Waals surface area contributed by atoms with E-state index < -0.39 is 0 Å². The molecule has 0 unspecified atom stereocenters. The van der Waals surface area contributed by atoms with E-state index in [1.54, 1.807) is 0 Å². The lowest BCUT2D eigenvalue weighted by atomic mass is 10.2. The van der Waals surface area contributed by atoms with E-state index >= 15 is 0 Å². The zero-order valence-electron chi connectivity index (χ0n) is 12.0. The van der Waals surface area contributed by atoms with Crippen molar-refractivity contribution in [1.29, 1.82) is 0 Å². The van der Waals surface area contributed by atoms with E-state index in [0.29, 0.717) is 0 Å². The van der Waals surface area contributed by atoms with E-state index in [-0.39, 0.29) is 0 Å². The minimum atomic E-state index is 0.826. The molecule has 1 aliphatic heterocycles. The number of unbranched alkanes of at least 4 members (excludes halogenated alkanes) is 2. The van der Waals surface area contributed by atoms with E-state index in [9.17, 15) is 0 Å². The molecule has 1 aromatic heterocycles. The molecule has 106 valence electrons. The van der Waals surface area contributed by atoms with E-state index in [1.165, 1.54) is 19.4 Å². The summed E-state index contributed by atoms with van der Waals surface area (Å²) >= 11 is 0. The molecule has 0 aliphatic carbocycles. The number of hydrogen-bond acceptors (Lipinski definition) is 4. The first-order valence-electron chi connectivity index (χ1n) is 7.40. The third-order valence-corrected chi connectivity index (χ3v) is 3.75. The maximum absolute atomic E-state index is 5.52. The van der Waals surface area contributed by atoms with Crippen molar-refractivity contribution in [2.75, 3.05) is 44.2 Å². The van der Waals surface area contributed by atoms with Gasteiger partial charge >= 0.3 is 0 Å². The Hall–Kier alpha value is -1.13. The second-order valence-electron chi connectivity index (χ2n) is 5.32. The van der Waals surface area contributed by atoms with Crippen LogP contribution in [0.2, 0.25) is 0 Å². The summed E-state index contributed by atoms with van der Waals surface area (Å²) in [7, 11) is 0. The van der Waals surface area contributed by atoms with Crippen LogP contribution in [0.25, 0.3) is 0 Å². The highest BCUT2D eigenvalue weighted by Crippen LogP contribution is 2.14. The topological polar surface area (TPSA) is 45.4 Å². The highest BCUT2D eigenvalue weighted by Gasteiger charge is 2.17. The van der Waals surface area contributed by atoms with Crippen molar-refractivity contribution in [3.63, 3.8) is 0 Å². The van der Waals surface area contributed by atoms with Crippen LogP contribution in [0.15, 0.2) is 18.2 Å². The van der Waals surface area contributed by atoms with Crippen LogP contribution in [0, 0.1) is 6.92 Å². The summed E-state index contributed by atoms with van der Waals surface area (Å²) in [6.45, 7) is 8.58. The molecule has 2 rings (SSSR count). The molecule has 0 aromatic carbocycles. The molecule has 1 saturated heterocycles. The first-order valence-corrected chi connectivity index (χ1v) is 7.40. The molecule has 2 heterocycles. The Morgan fingerprint density at radius 3 is 2.58 bits per heavy atom. The fourth-order valence-corrected chi connectivity index (χ4v) is 2.56. The molecule has 4 nitrogen and oxygen atoms in total. The summed E-state index contributed by atoms with van der Waals surface area (Å²) in [5.41, 5.74) is 6.61. The van der Waals surface area contributed by atoms with Gasteiger partial charge < -0.3 is 10.6 Å². The van der Waals surface area contributed by atoms with Crippen LogP contribution in [0.5, 0.6) is 0 Å². The third kappa shape index (κ3) is 4.48. The van der Waals surface area contributed by atoms with Gasteiger partial charge in [-0.2, -0.15) is 0 Å². The quantitative estimate of drug-likeness (QED) is 0.792. The number of aryl methyl sites for hydroxylation is 1. The number of rotatable bonds is 6. The lowest BCUT2D eigenvalue weighted by molar-refractivity contribution is 0.252. The minimum absolute atomic E-state index is 0.826. The number of hydrogen-bond donors (Lipinski definition) is 1. The van der Waals surface area contributed by atoms with Gasteiger partial charge in [-0.05, 0) is 45.0 Å². The van der Waals surface area contributed by atoms with Crippen molar-refractivity contribution in [3.8, 4) is 0 Å².